The summed E-state index contributed by atoms with van der Waals surface area (Å²) < 4.78 is 26.6. The van der Waals surface area contributed by atoms with E-state index in [2.05, 4.69) is 32.9 Å². The van der Waals surface area contributed by atoms with Crippen LogP contribution in [-0.2, 0) is 13.9 Å². The number of allylic oxidation sites excluding steroid dienone is 5. The van der Waals surface area contributed by atoms with Gasteiger partial charge in [0.2, 0.25) is 0 Å². The van der Waals surface area contributed by atoms with Crippen LogP contribution in [0.25, 0.3) is 0 Å². The van der Waals surface area contributed by atoms with Gasteiger partial charge in [0.15, 0.2) is 0 Å². The van der Waals surface area contributed by atoms with Crippen LogP contribution in [0.15, 0.2) is 35.5 Å². The summed E-state index contributed by atoms with van der Waals surface area (Å²) in [6.07, 6.45) is 11.0. The second-order valence-corrected chi connectivity index (χ2v) is 10.2. The normalized spacial score (nSPS) is 15.5. The Morgan fingerprint density at radius 1 is 0.958 bits per heavy atom. The zero-order valence-electron chi connectivity index (χ0n) is 14.6. The molecule has 0 saturated heterocycles. The summed E-state index contributed by atoms with van der Waals surface area (Å²) >= 11 is 0. The van der Waals surface area contributed by atoms with Crippen molar-refractivity contribution in [1.29, 1.82) is 0 Å². The van der Waals surface area contributed by atoms with Crippen molar-refractivity contribution in [1.82, 2.24) is 0 Å². The Balaban J connectivity index is 3.85. The first-order valence-corrected chi connectivity index (χ1v) is 11.6. The molecule has 0 spiro atoms. The predicted octanol–water partition coefficient (Wildman–Crippen LogP) is 2.50. The van der Waals surface area contributed by atoms with E-state index in [4.69, 9.17) is 4.74 Å². The quantitative estimate of drug-likeness (QED) is 0.293. The van der Waals surface area contributed by atoms with Crippen LogP contribution in [0, 0.1) is 0 Å². The van der Waals surface area contributed by atoms with E-state index in [-0.39, 0.29) is 6.61 Å². The lowest BCUT2D eigenvalue weighted by Gasteiger charge is -2.36. The summed E-state index contributed by atoms with van der Waals surface area (Å²) in [6.45, 7) is 6.33. The lowest BCUT2D eigenvalue weighted by Crippen LogP contribution is -2.21. The highest BCUT2D eigenvalue weighted by Gasteiger charge is 2.09. The first-order chi connectivity index (χ1) is 11.0. The minimum atomic E-state index is -5.06. The fourth-order valence-electron chi connectivity index (χ4n) is 1.87. The largest absolute Gasteiger partial charge is 0.810 e. The fraction of sp³-hybridized carbons (Fsp3) is 0.625. The molecule has 6 nitrogen and oxygen atoms in total. The molecule has 0 rings (SSSR count). The molecule has 0 aromatic heterocycles. The fourth-order valence-corrected chi connectivity index (χ4v) is 4.69. The molecule has 0 aromatic rings. The summed E-state index contributed by atoms with van der Waals surface area (Å²) in [5, 5.41) is 0. The zero-order valence-corrected chi connectivity index (χ0v) is 16.4. The average Bonchev–Trinajstić information content (AvgIpc) is 2.38. The third-order valence-corrected chi connectivity index (χ3v) is 6.66. The van der Waals surface area contributed by atoms with Crippen LogP contribution in [0.5, 0.6) is 0 Å². The van der Waals surface area contributed by atoms with Gasteiger partial charge in [-0.1, -0.05) is 43.0 Å². The molecule has 0 heterocycles. The van der Waals surface area contributed by atoms with Crippen molar-refractivity contribution >= 4 is 15.0 Å². The Morgan fingerprint density at radius 2 is 1.62 bits per heavy atom. The highest BCUT2D eigenvalue weighted by molar-refractivity contribution is 7.70. The van der Waals surface area contributed by atoms with E-state index < -0.39 is 27.2 Å². The van der Waals surface area contributed by atoms with Crippen molar-refractivity contribution < 1.29 is 28.5 Å². The summed E-state index contributed by atoms with van der Waals surface area (Å²) in [4.78, 5) is 32.1. The van der Waals surface area contributed by atoms with Gasteiger partial charge in [0.25, 0.3) is 0 Å². The molecule has 0 saturated carbocycles. The second kappa shape index (κ2) is 12.0. The standard InChI is InChI=1S/C16H30O6P2/c1-15(2)9-8-11-16(3)10-6-4-5-7-12-22-13-23(17,18)14-24(19,20)21/h5,7,9-10H,4,6,8,11-14H2,1-3H3,(H,17,18)(H2,19,20,21)/p-3/b7-5+,16-10-. The Bertz CT molecular complexity index is 541. The van der Waals surface area contributed by atoms with Gasteiger partial charge < -0.3 is 28.5 Å². The van der Waals surface area contributed by atoms with Gasteiger partial charge in [-0.3, -0.25) is 0 Å². The molecule has 0 aliphatic carbocycles. The first kappa shape index (κ1) is 23.5. The summed E-state index contributed by atoms with van der Waals surface area (Å²) in [5.74, 6) is -1.37. The molecule has 1 unspecified atom stereocenters. The molecule has 0 aromatic carbocycles. The van der Waals surface area contributed by atoms with E-state index in [0.717, 1.165) is 25.7 Å². The third kappa shape index (κ3) is 16.4. The highest BCUT2D eigenvalue weighted by Crippen LogP contribution is 2.46. The van der Waals surface area contributed by atoms with Crippen molar-refractivity contribution in [2.24, 2.45) is 0 Å². The molecule has 140 valence electrons. The molecule has 0 fully saturated rings. The predicted molar refractivity (Wildman–Crippen MR) is 91.7 cm³/mol. The number of unbranched alkanes of at least 4 members (excludes halogenated alkanes) is 1. The molecule has 0 aliphatic rings. The van der Waals surface area contributed by atoms with Gasteiger partial charge in [0, 0.05) is 13.3 Å². The van der Waals surface area contributed by atoms with E-state index in [1.807, 2.05) is 6.08 Å². The smallest absolute Gasteiger partial charge is 0.0878 e. The molecule has 0 amide bonds. The Kier molecular flexibility index (Phi) is 11.7. The minimum absolute atomic E-state index is 0.0670. The van der Waals surface area contributed by atoms with E-state index in [9.17, 15) is 23.8 Å². The van der Waals surface area contributed by atoms with Crippen LogP contribution in [-0.4, -0.2) is 18.9 Å². The Labute approximate surface area is 144 Å². The number of rotatable bonds is 12. The minimum Gasteiger partial charge on any atom is -0.810 e. The molecule has 0 N–H and O–H groups in total. The van der Waals surface area contributed by atoms with Gasteiger partial charge in [0.1, 0.15) is 0 Å². The monoisotopic (exact) mass is 377 g/mol. The van der Waals surface area contributed by atoms with E-state index in [1.54, 1.807) is 6.08 Å². The molecular weight excluding hydrogens is 350 g/mol. The maximum Gasteiger partial charge on any atom is 0.0878 e. The van der Waals surface area contributed by atoms with Gasteiger partial charge in [-0.05, 0) is 46.5 Å². The third-order valence-electron chi connectivity index (χ3n) is 2.97. The molecule has 1 atom stereocenters. The Hall–Kier alpha value is -0.480. The number of hydrogen-bond acceptors (Lipinski definition) is 6. The lowest BCUT2D eigenvalue weighted by atomic mass is 10.1. The SMILES string of the molecule is CC(C)=CCC/C(C)=C\CC/C=C/COCP(=O)([O-])CP(=O)([O-])[O-]. The molecular formula is C16H27O6P2-3. The van der Waals surface area contributed by atoms with Gasteiger partial charge in [-0.25, -0.2) is 0 Å². The number of ether oxygens (including phenoxy) is 1. The topological polar surface area (TPSA) is 113 Å². The van der Waals surface area contributed by atoms with Crippen LogP contribution >= 0.6 is 15.0 Å². The van der Waals surface area contributed by atoms with Gasteiger partial charge in [-0.15, -0.1) is 0 Å². The highest BCUT2D eigenvalue weighted by atomic mass is 31.2. The lowest BCUT2D eigenvalue weighted by molar-refractivity contribution is -0.312. The molecule has 8 heteroatoms. The van der Waals surface area contributed by atoms with E-state index >= 15 is 0 Å². The second-order valence-electron chi connectivity index (χ2n) is 5.99. The maximum atomic E-state index is 11.3. The van der Waals surface area contributed by atoms with Gasteiger partial charge >= 0.3 is 0 Å². The summed E-state index contributed by atoms with van der Waals surface area (Å²) in [7, 11) is -9.38. The van der Waals surface area contributed by atoms with Crippen LogP contribution in [0.1, 0.15) is 46.5 Å². The van der Waals surface area contributed by atoms with Crippen molar-refractivity contribution in [2.75, 3.05) is 18.9 Å². The van der Waals surface area contributed by atoms with Gasteiger partial charge in [-0.2, -0.15) is 0 Å². The Morgan fingerprint density at radius 3 is 2.21 bits per heavy atom. The molecule has 0 bridgehead atoms. The molecule has 0 aliphatic heterocycles. The zero-order chi connectivity index (χ0) is 18.6. The number of hydrogen-bond donors (Lipinski definition) is 0. The van der Waals surface area contributed by atoms with Crippen LogP contribution in [0.2, 0.25) is 0 Å². The van der Waals surface area contributed by atoms with Crippen LogP contribution in [0.3, 0.4) is 0 Å². The van der Waals surface area contributed by atoms with E-state index in [1.165, 1.54) is 11.1 Å². The van der Waals surface area contributed by atoms with Crippen molar-refractivity contribution in [3.8, 4) is 0 Å². The van der Waals surface area contributed by atoms with Crippen molar-refractivity contribution in [3.63, 3.8) is 0 Å². The van der Waals surface area contributed by atoms with Crippen LogP contribution in [0.4, 0.5) is 0 Å². The molecule has 24 heavy (non-hydrogen) atoms. The van der Waals surface area contributed by atoms with Crippen molar-refractivity contribution in [3.05, 3.63) is 35.5 Å². The van der Waals surface area contributed by atoms with Gasteiger partial charge in [0.05, 0.1) is 13.0 Å². The van der Waals surface area contributed by atoms with E-state index in [0.29, 0.717) is 0 Å². The first-order valence-electron chi connectivity index (χ1n) is 7.84. The average molecular weight is 377 g/mol. The summed E-state index contributed by atoms with van der Waals surface area (Å²) in [5.41, 5.74) is 2.66. The van der Waals surface area contributed by atoms with Crippen molar-refractivity contribution in [2.45, 2.75) is 46.5 Å². The summed E-state index contributed by atoms with van der Waals surface area (Å²) in [6, 6.07) is 0. The maximum absolute atomic E-state index is 11.3. The molecule has 0 radical (unpaired) electrons. The van der Waals surface area contributed by atoms with Crippen LogP contribution < -0.4 is 14.7 Å².